The Morgan fingerprint density at radius 3 is 2.15 bits per heavy atom. The summed E-state index contributed by atoms with van der Waals surface area (Å²) in [6.07, 6.45) is 0. The fourth-order valence-electron chi connectivity index (χ4n) is 1.48. The molecule has 0 aromatic heterocycles. The van der Waals surface area contributed by atoms with Gasteiger partial charge in [-0.1, -0.05) is 40.9 Å². The van der Waals surface area contributed by atoms with Crippen LogP contribution in [-0.2, 0) is 10.0 Å². The predicted molar refractivity (Wildman–Crippen MR) is 80.4 cm³/mol. The van der Waals surface area contributed by atoms with E-state index in [-0.39, 0.29) is 26.4 Å². The maximum Gasteiger partial charge on any atom is 0.262 e. The van der Waals surface area contributed by atoms with Gasteiger partial charge in [0.1, 0.15) is 5.75 Å². The predicted octanol–water partition coefficient (Wildman–Crippen LogP) is 4.15. The highest BCUT2D eigenvalue weighted by atomic mass is 35.5. The van der Waals surface area contributed by atoms with E-state index in [0.29, 0.717) is 5.02 Å². The maximum atomic E-state index is 12.2. The van der Waals surface area contributed by atoms with Crippen molar-refractivity contribution in [2.24, 2.45) is 0 Å². The molecular weight excluding hydrogens is 345 g/mol. The van der Waals surface area contributed by atoms with Gasteiger partial charge in [-0.2, -0.15) is 0 Å². The molecule has 0 saturated carbocycles. The second-order valence-corrected chi connectivity index (χ2v) is 6.78. The average molecular weight is 353 g/mol. The molecule has 8 heteroatoms. The highest BCUT2D eigenvalue weighted by molar-refractivity contribution is 7.92. The number of anilines is 1. The van der Waals surface area contributed by atoms with E-state index in [0.717, 1.165) is 6.07 Å². The molecule has 0 radical (unpaired) electrons. The first-order chi connectivity index (χ1) is 9.29. The van der Waals surface area contributed by atoms with E-state index in [1.807, 2.05) is 0 Å². The van der Waals surface area contributed by atoms with E-state index in [2.05, 4.69) is 4.72 Å². The largest absolute Gasteiger partial charge is 0.508 e. The Balaban J connectivity index is 2.44. The van der Waals surface area contributed by atoms with Gasteiger partial charge in [0.2, 0.25) is 0 Å². The number of nitrogens with one attached hydrogen (secondary N) is 1. The molecule has 0 heterocycles. The van der Waals surface area contributed by atoms with Gasteiger partial charge in [-0.3, -0.25) is 4.72 Å². The molecule has 2 aromatic rings. The summed E-state index contributed by atoms with van der Waals surface area (Å²) in [6, 6.07) is 7.96. The van der Waals surface area contributed by atoms with Crippen LogP contribution in [0.25, 0.3) is 0 Å². The second kappa shape index (κ2) is 5.69. The molecule has 4 nitrogen and oxygen atoms in total. The van der Waals surface area contributed by atoms with Crippen LogP contribution in [0, 0.1) is 0 Å². The van der Waals surface area contributed by atoms with Crippen LogP contribution >= 0.6 is 34.8 Å². The van der Waals surface area contributed by atoms with Gasteiger partial charge in [-0.05, 0) is 24.3 Å². The summed E-state index contributed by atoms with van der Waals surface area (Å²) in [5.74, 6) is -0.166. The molecule has 0 fully saturated rings. The van der Waals surface area contributed by atoms with Gasteiger partial charge in [-0.25, -0.2) is 8.42 Å². The molecule has 2 rings (SSSR count). The molecule has 0 atom stereocenters. The van der Waals surface area contributed by atoms with Gasteiger partial charge in [0, 0.05) is 11.1 Å². The van der Waals surface area contributed by atoms with Crippen molar-refractivity contribution in [1.29, 1.82) is 0 Å². The highest BCUT2D eigenvalue weighted by Gasteiger charge is 2.18. The average Bonchev–Trinajstić information content (AvgIpc) is 2.34. The number of hydrogen-bond acceptors (Lipinski definition) is 3. The second-order valence-electron chi connectivity index (χ2n) is 3.85. The van der Waals surface area contributed by atoms with E-state index in [9.17, 15) is 13.5 Å². The molecule has 0 saturated heterocycles. The number of phenolic OH excluding ortho intramolecular Hbond substituents is 1. The van der Waals surface area contributed by atoms with Crippen LogP contribution in [0.3, 0.4) is 0 Å². The number of aromatic hydroxyl groups is 1. The lowest BCUT2D eigenvalue weighted by Crippen LogP contribution is -2.13. The number of hydrogen-bond donors (Lipinski definition) is 2. The zero-order valence-corrected chi connectivity index (χ0v) is 12.9. The summed E-state index contributed by atoms with van der Waals surface area (Å²) in [5.41, 5.74) is 0.0288. The van der Waals surface area contributed by atoms with Crippen molar-refractivity contribution in [2.75, 3.05) is 4.72 Å². The lowest BCUT2D eigenvalue weighted by atomic mass is 10.3. The molecule has 0 amide bonds. The molecule has 2 aromatic carbocycles. The number of halogens is 3. The number of phenols is 1. The molecule has 0 aliphatic heterocycles. The summed E-state index contributed by atoms with van der Waals surface area (Å²) < 4.78 is 26.6. The maximum absolute atomic E-state index is 12.2. The third kappa shape index (κ3) is 3.30. The topological polar surface area (TPSA) is 66.4 Å². The first-order valence-electron chi connectivity index (χ1n) is 5.26. The van der Waals surface area contributed by atoms with Crippen LogP contribution in [0.4, 0.5) is 5.69 Å². The van der Waals surface area contributed by atoms with Gasteiger partial charge in [0.05, 0.1) is 20.6 Å². The first-order valence-corrected chi connectivity index (χ1v) is 7.88. The monoisotopic (exact) mass is 351 g/mol. The van der Waals surface area contributed by atoms with Crippen LogP contribution in [0.2, 0.25) is 15.1 Å². The van der Waals surface area contributed by atoms with Crippen molar-refractivity contribution < 1.29 is 13.5 Å². The number of sulfonamides is 1. The highest BCUT2D eigenvalue weighted by Crippen LogP contribution is 2.35. The van der Waals surface area contributed by atoms with Gasteiger partial charge < -0.3 is 5.11 Å². The standard InChI is InChI=1S/C12H8Cl3NO3S/c13-7-4-10(14)12(11(15)5-7)16-20(18,19)9-3-1-2-8(17)6-9/h1-6,16-17H. The number of benzene rings is 2. The van der Waals surface area contributed by atoms with Crippen molar-refractivity contribution in [3.8, 4) is 5.75 Å². The summed E-state index contributed by atoms with van der Waals surface area (Å²) in [7, 11) is -3.92. The Morgan fingerprint density at radius 2 is 1.60 bits per heavy atom. The van der Waals surface area contributed by atoms with E-state index >= 15 is 0 Å². The van der Waals surface area contributed by atoms with Crippen molar-refractivity contribution in [2.45, 2.75) is 4.90 Å². The Bertz CT molecular complexity index is 739. The van der Waals surface area contributed by atoms with Gasteiger partial charge in [0.25, 0.3) is 10.0 Å². The van der Waals surface area contributed by atoms with Crippen LogP contribution in [0.5, 0.6) is 5.75 Å². The van der Waals surface area contributed by atoms with Crippen molar-refractivity contribution >= 4 is 50.5 Å². The molecule has 0 aliphatic rings. The van der Waals surface area contributed by atoms with E-state index in [1.165, 1.54) is 30.3 Å². The fourth-order valence-corrected chi connectivity index (χ4v) is 3.65. The van der Waals surface area contributed by atoms with Crippen LogP contribution < -0.4 is 4.72 Å². The lowest BCUT2D eigenvalue weighted by Gasteiger charge is -2.11. The minimum absolute atomic E-state index is 0.0288. The van der Waals surface area contributed by atoms with Crippen LogP contribution in [0.1, 0.15) is 0 Å². The molecule has 0 unspecified atom stereocenters. The first kappa shape index (κ1) is 15.3. The number of rotatable bonds is 3. The summed E-state index contributed by atoms with van der Waals surface area (Å²) in [6.45, 7) is 0. The van der Waals surface area contributed by atoms with Crippen LogP contribution in [-0.4, -0.2) is 13.5 Å². The molecular formula is C12H8Cl3NO3S. The third-order valence-corrected chi connectivity index (χ3v) is 4.53. The van der Waals surface area contributed by atoms with E-state index in [4.69, 9.17) is 34.8 Å². The molecule has 2 N–H and O–H groups in total. The van der Waals surface area contributed by atoms with Gasteiger partial charge in [-0.15, -0.1) is 0 Å². The molecule has 0 spiro atoms. The molecule has 0 aliphatic carbocycles. The van der Waals surface area contributed by atoms with Crippen LogP contribution in [0.15, 0.2) is 41.3 Å². The molecule has 106 valence electrons. The zero-order valence-electron chi connectivity index (χ0n) is 9.77. The van der Waals surface area contributed by atoms with Crippen molar-refractivity contribution in [3.05, 3.63) is 51.5 Å². The molecule has 0 bridgehead atoms. The fraction of sp³-hybridized carbons (Fsp3) is 0. The van der Waals surface area contributed by atoms with E-state index in [1.54, 1.807) is 0 Å². The Hall–Kier alpha value is -1.14. The van der Waals surface area contributed by atoms with Gasteiger partial charge >= 0.3 is 0 Å². The van der Waals surface area contributed by atoms with E-state index < -0.39 is 10.0 Å². The minimum atomic E-state index is -3.92. The normalized spacial score (nSPS) is 11.3. The van der Waals surface area contributed by atoms with Crippen molar-refractivity contribution in [3.63, 3.8) is 0 Å². The Kier molecular flexibility index (Phi) is 4.34. The Morgan fingerprint density at radius 1 is 1.00 bits per heavy atom. The summed E-state index contributed by atoms with van der Waals surface area (Å²) >= 11 is 17.6. The Labute approximate surface area is 131 Å². The van der Waals surface area contributed by atoms with Crippen molar-refractivity contribution in [1.82, 2.24) is 0 Å². The molecule has 20 heavy (non-hydrogen) atoms. The van der Waals surface area contributed by atoms with Gasteiger partial charge in [0.15, 0.2) is 0 Å². The smallest absolute Gasteiger partial charge is 0.262 e. The summed E-state index contributed by atoms with van der Waals surface area (Å²) in [4.78, 5) is -0.111. The lowest BCUT2D eigenvalue weighted by molar-refractivity contribution is 0.473. The quantitative estimate of drug-likeness (QED) is 0.872. The minimum Gasteiger partial charge on any atom is -0.508 e. The SMILES string of the molecule is O=S(=O)(Nc1c(Cl)cc(Cl)cc1Cl)c1cccc(O)c1. The zero-order chi connectivity index (χ0) is 14.9. The third-order valence-electron chi connectivity index (χ3n) is 2.37. The summed E-state index contributed by atoms with van der Waals surface area (Å²) in [5, 5.41) is 9.77.